The Morgan fingerprint density at radius 1 is 0.882 bits per heavy atom. The number of carbonyl (C=O) groups excluding carboxylic acids is 1. The van der Waals surface area contributed by atoms with Crippen molar-refractivity contribution in [3.05, 3.63) is 83.9 Å². The van der Waals surface area contributed by atoms with Crippen LogP contribution in [-0.4, -0.2) is 102 Å². The lowest BCUT2D eigenvalue weighted by Gasteiger charge is -2.34. The van der Waals surface area contributed by atoms with Crippen LogP contribution in [-0.2, 0) is 11.3 Å². The molecule has 7 rings (SSSR count). The molecule has 4 atom stereocenters. The molecule has 0 spiro atoms. The normalized spacial score (nSPS) is 22.8. The first-order valence-electron chi connectivity index (χ1n) is 18.5. The van der Waals surface area contributed by atoms with Crippen molar-refractivity contribution in [1.29, 1.82) is 0 Å². The van der Waals surface area contributed by atoms with Gasteiger partial charge in [-0.15, -0.1) is 0 Å². The Bertz CT molecular complexity index is 1660. The molecule has 0 unspecified atom stereocenters. The Hall–Kier alpha value is -4.14. The molecule has 3 heterocycles. The number of fused-ring (bicyclic) bond motifs is 1. The van der Waals surface area contributed by atoms with Gasteiger partial charge in [-0.3, -0.25) is 9.47 Å². The molecule has 1 saturated heterocycles. The molecule has 13 nitrogen and oxygen atoms in total. The molecule has 2 saturated carbocycles. The summed E-state index contributed by atoms with van der Waals surface area (Å²) in [4.78, 5) is 29.8. The van der Waals surface area contributed by atoms with Crippen LogP contribution in [0.15, 0.2) is 67.0 Å². The average Bonchev–Trinajstić information content (AvgIpc) is 4.00. The van der Waals surface area contributed by atoms with Crippen molar-refractivity contribution in [3.8, 4) is 0 Å². The van der Waals surface area contributed by atoms with E-state index in [4.69, 9.17) is 14.7 Å². The highest BCUT2D eigenvalue weighted by atomic mass is 16.6. The van der Waals surface area contributed by atoms with Crippen LogP contribution >= 0.6 is 0 Å². The third kappa shape index (κ3) is 8.02. The topological polar surface area (TPSA) is 170 Å². The lowest BCUT2D eigenvalue weighted by molar-refractivity contribution is -0.0511. The standard InChI is InChI=1S/C38H50N8O5/c47-23-30-33(48)34(49)37(51-30)46-24-42-32-35(40-21-29(25-11-3-1-4-12-25)26-13-5-2-6-14-26)43-31(44-36(32)46)22-41-38(50)39-19-20-45(27-15-7-8-16-27)28-17-9-10-18-28/h1-6,11-14,24,27-30,33-34,37,47-49H,7-10,15-23H2,(H2,39,41,50)(H,40,43,44)/t30-,33-,34-,37-/m1/s1. The maximum Gasteiger partial charge on any atom is 0.315 e. The zero-order valence-corrected chi connectivity index (χ0v) is 29.0. The summed E-state index contributed by atoms with van der Waals surface area (Å²) >= 11 is 0. The summed E-state index contributed by atoms with van der Waals surface area (Å²) in [6, 6.07) is 21.4. The number of aromatic nitrogens is 4. The van der Waals surface area contributed by atoms with Crippen molar-refractivity contribution in [2.24, 2.45) is 0 Å². The number of hydrogen-bond donors (Lipinski definition) is 6. The van der Waals surface area contributed by atoms with Gasteiger partial charge in [0.1, 0.15) is 18.3 Å². The summed E-state index contributed by atoms with van der Waals surface area (Å²) in [5.41, 5.74) is 3.08. The molecule has 2 aromatic heterocycles. The predicted octanol–water partition coefficient (Wildman–Crippen LogP) is 3.67. The number of nitrogens with one attached hydrogen (secondary N) is 3. The third-order valence-corrected chi connectivity index (χ3v) is 10.8. The molecule has 3 aliphatic rings. The number of imidazole rings is 1. The van der Waals surface area contributed by atoms with E-state index in [1.807, 2.05) is 36.4 Å². The van der Waals surface area contributed by atoms with Crippen LogP contribution in [0.4, 0.5) is 10.6 Å². The molecule has 6 N–H and O–H groups in total. The van der Waals surface area contributed by atoms with E-state index in [-0.39, 0.29) is 18.5 Å². The zero-order chi connectivity index (χ0) is 35.2. The molecule has 0 bridgehead atoms. The second-order valence-corrected chi connectivity index (χ2v) is 14.0. The summed E-state index contributed by atoms with van der Waals surface area (Å²) in [6.45, 7) is 1.49. The van der Waals surface area contributed by atoms with Gasteiger partial charge in [-0.2, -0.15) is 0 Å². The van der Waals surface area contributed by atoms with E-state index in [1.165, 1.54) is 57.7 Å². The van der Waals surface area contributed by atoms with E-state index in [0.717, 1.165) is 17.7 Å². The SMILES string of the molecule is O=C(NCCN(C1CCCC1)C1CCCC1)NCc1nc(NCC(c2ccccc2)c2ccccc2)c2ncn([C@@H]3O[C@H](CO)[C@@H](O)[C@H]3O)c2n1. The first-order valence-corrected chi connectivity index (χ1v) is 18.5. The maximum absolute atomic E-state index is 13.1. The zero-order valence-electron chi connectivity index (χ0n) is 29.0. The Morgan fingerprint density at radius 3 is 2.10 bits per heavy atom. The highest BCUT2D eigenvalue weighted by Crippen LogP contribution is 2.34. The Morgan fingerprint density at radius 2 is 1.51 bits per heavy atom. The first-order chi connectivity index (χ1) is 25.0. The van der Waals surface area contributed by atoms with E-state index < -0.39 is 31.1 Å². The molecule has 272 valence electrons. The lowest BCUT2D eigenvalue weighted by atomic mass is 9.91. The van der Waals surface area contributed by atoms with Gasteiger partial charge < -0.3 is 36.0 Å². The number of urea groups is 1. The fourth-order valence-corrected chi connectivity index (χ4v) is 8.11. The Kier molecular flexibility index (Phi) is 11.4. The number of rotatable bonds is 14. The van der Waals surface area contributed by atoms with Gasteiger partial charge >= 0.3 is 6.03 Å². The quantitative estimate of drug-likeness (QED) is 0.114. The van der Waals surface area contributed by atoms with Crippen LogP contribution < -0.4 is 16.0 Å². The monoisotopic (exact) mass is 698 g/mol. The van der Waals surface area contributed by atoms with Crippen LogP contribution in [0.3, 0.4) is 0 Å². The number of ether oxygens (including phenoxy) is 1. The minimum absolute atomic E-state index is 0.000308. The van der Waals surface area contributed by atoms with Gasteiger partial charge in [0.15, 0.2) is 29.0 Å². The largest absolute Gasteiger partial charge is 0.394 e. The van der Waals surface area contributed by atoms with Crippen molar-refractivity contribution in [2.45, 2.75) is 100 Å². The summed E-state index contributed by atoms with van der Waals surface area (Å²) < 4.78 is 7.37. The average molecular weight is 699 g/mol. The van der Waals surface area contributed by atoms with E-state index >= 15 is 0 Å². The van der Waals surface area contributed by atoms with E-state index in [9.17, 15) is 20.1 Å². The molecule has 3 fully saturated rings. The summed E-state index contributed by atoms with van der Waals surface area (Å²) in [5.74, 6) is 0.798. The molecular formula is C38H50N8O5. The number of carbonyl (C=O) groups is 1. The Labute approximate surface area is 298 Å². The number of aliphatic hydroxyl groups is 3. The second-order valence-electron chi connectivity index (χ2n) is 14.0. The number of anilines is 1. The van der Waals surface area contributed by atoms with Crippen molar-refractivity contribution in [2.75, 3.05) is 31.6 Å². The molecule has 2 aliphatic carbocycles. The molecular weight excluding hydrogens is 648 g/mol. The Balaban J connectivity index is 1.09. The minimum atomic E-state index is -1.31. The highest BCUT2D eigenvalue weighted by Gasteiger charge is 2.44. The van der Waals surface area contributed by atoms with E-state index in [2.05, 4.69) is 50.1 Å². The molecule has 13 heteroatoms. The van der Waals surface area contributed by atoms with Crippen molar-refractivity contribution >= 4 is 23.0 Å². The van der Waals surface area contributed by atoms with Gasteiger partial charge in [0, 0.05) is 37.6 Å². The molecule has 4 aromatic rings. The van der Waals surface area contributed by atoms with Crippen molar-refractivity contribution in [3.63, 3.8) is 0 Å². The number of amides is 2. The van der Waals surface area contributed by atoms with E-state index in [1.54, 1.807) is 4.57 Å². The smallest absolute Gasteiger partial charge is 0.315 e. The molecule has 1 aliphatic heterocycles. The van der Waals surface area contributed by atoms with Crippen LogP contribution in [0.1, 0.15) is 80.5 Å². The molecule has 2 aromatic carbocycles. The fourth-order valence-electron chi connectivity index (χ4n) is 8.11. The number of hydrogen-bond acceptors (Lipinski definition) is 10. The van der Waals surface area contributed by atoms with Crippen molar-refractivity contribution in [1.82, 2.24) is 35.1 Å². The summed E-state index contributed by atoms with van der Waals surface area (Å²) in [7, 11) is 0. The minimum Gasteiger partial charge on any atom is -0.394 e. The third-order valence-electron chi connectivity index (χ3n) is 10.8. The molecule has 51 heavy (non-hydrogen) atoms. The van der Waals surface area contributed by atoms with Gasteiger partial charge in [-0.1, -0.05) is 86.3 Å². The summed E-state index contributed by atoms with van der Waals surface area (Å²) in [5, 5.41) is 40.5. The highest BCUT2D eigenvalue weighted by molar-refractivity contribution is 5.83. The second kappa shape index (κ2) is 16.5. The summed E-state index contributed by atoms with van der Waals surface area (Å²) in [6.07, 6.45) is 7.04. The predicted molar refractivity (Wildman–Crippen MR) is 193 cm³/mol. The van der Waals surface area contributed by atoms with Gasteiger partial charge in [-0.05, 0) is 36.8 Å². The van der Waals surface area contributed by atoms with E-state index in [0.29, 0.717) is 48.0 Å². The number of nitrogens with zero attached hydrogens (tertiary/aromatic N) is 5. The lowest BCUT2D eigenvalue weighted by Crippen LogP contribution is -2.46. The van der Waals surface area contributed by atoms with Gasteiger partial charge in [0.05, 0.1) is 19.5 Å². The van der Waals surface area contributed by atoms with Crippen molar-refractivity contribution < 1.29 is 24.9 Å². The maximum atomic E-state index is 13.1. The van der Waals surface area contributed by atoms with Gasteiger partial charge in [0.25, 0.3) is 0 Å². The van der Waals surface area contributed by atoms with Gasteiger partial charge in [0.2, 0.25) is 0 Å². The van der Waals surface area contributed by atoms with Crippen LogP contribution in [0.25, 0.3) is 11.2 Å². The first kappa shape index (κ1) is 35.3. The molecule has 2 amide bonds. The number of benzene rings is 2. The van der Waals surface area contributed by atoms with Crippen LogP contribution in [0.5, 0.6) is 0 Å². The van der Waals surface area contributed by atoms with Crippen LogP contribution in [0, 0.1) is 0 Å². The van der Waals surface area contributed by atoms with Crippen LogP contribution in [0.2, 0.25) is 0 Å². The number of aliphatic hydroxyl groups excluding tert-OH is 3. The molecule has 0 radical (unpaired) electrons. The fraction of sp³-hybridized carbons (Fsp3) is 0.526. The van der Waals surface area contributed by atoms with Gasteiger partial charge in [-0.25, -0.2) is 19.7 Å².